The normalized spacial score (nSPS) is 11.4. The highest BCUT2D eigenvalue weighted by atomic mass is 16.6. The molecule has 0 aliphatic rings. The molecule has 0 saturated heterocycles. The first-order valence-electron chi connectivity index (χ1n) is 6.41. The second kappa shape index (κ2) is 6.53. The first-order chi connectivity index (χ1) is 10.1. The summed E-state index contributed by atoms with van der Waals surface area (Å²) in [4.78, 5) is 10.2. The molecule has 1 atom stereocenters. The van der Waals surface area contributed by atoms with Gasteiger partial charge >= 0.3 is 0 Å². The number of nitro benzene ring substituents is 1. The molecule has 0 aromatic heterocycles. The Morgan fingerprint density at radius 2 is 1.81 bits per heavy atom. The first kappa shape index (κ1) is 14.5. The predicted octanol–water partition coefficient (Wildman–Crippen LogP) is 3.45. The van der Waals surface area contributed by atoms with Crippen LogP contribution in [-0.2, 0) is 6.42 Å². The van der Waals surface area contributed by atoms with E-state index >= 15 is 0 Å². The van der Waals surface area contributed by atoms with Crippen LogP contribution in [-0.4, -0.2) is 12.0 Å². The molecule has 0 bridgehead atoms. The molecule has 0 aliphatic heterocycles. The maximum atomic E-state index is 10.6. The van der Waals surface area contributed by atoms with Gasteiger partial charge in [-0.25, -0.2) is 0 Å². The monoisotopic (exact) mass is 282 g/mol. The topological polar surface area (TPSA) is 76.2 Å². The highest BCUT2D eigenvalue weighted by molar-refractivity contribution is 5.37. The van der Waals surface area contributed by atoms with Gasteiger partial charge in [0, 0.05) is 12.1 Å². The van der Waals surface area contributed by atoms with Crippen LogP contribution in [0.3, 0.4) is 0 Å². The van der Waals surface area contributed by atoms with E-state index in [4.69, 9.17) is 4.74 Å². The molecule has 0 aliphatic carbocycles. The molecule has 2 rings (SSSR count). The van der Waals surface area contributed by atoms with Crippen molar-refractivity contribution in [2.75, 3.05) is 7.11 Å². The van der Waals surface area contributed by atoms with Crippen LogP contribution in [0.2, 0.25) is 0 Å². The van der Waals surface area contributed by atoms with Gasteiger partial charge in [-0.1, -0.05) is 24.3 Å². The lowest BCUT2D eigenvalue weighted by molar-refractivity contribution is -0.384. The standard InChI is InChI=1S/C16H14N2O3/c1-21-16-8-2-12(3-9-16)10-14(11-17)13-4-6-15(7-5-13)18(19)20/h2-9,14H,10H2,1H3. The fraction of sp³-hybridized carbons (Fsp3) is 0.188. The molecule has 5 heteroatoms. The maximum absolute atomic E-state index is 10.6. The summed E-state index contributed by atoms with van der Waals surface area (Å²) in [7, 11) is 1.60. The van der Waals surface area contributed by atoms with Crippen molar-refractivity contribution in [2.45, 2.75) is 12.3 Å². The van der Waals surface area contributed by atoms with Crippen LogP contribution in [0.25, 0.3) is 0 Å². The van der Waals surface area contributed by atoms with Gasteiger partial charge < -0.3 is 4.74 Å². The van der Waals surface area contributed by atoms with Crippen LogP contribution < -0.4 is 4.74 Å². The number of rotatable bonds is 5. The Labute approximate surface area is 122 Å². The van der Waals surface area contributed by atoms with Crippen molar-refractivity contribution in [3.8, 4) is 11.8 Å². The molecule has 0 radical (unpaired) electrons. The van der Waals surface area contributed by atoms with Crippen molar-refractivity contribution in [3.05, 3.63) is 69.8 Å². The number of benzene rings is 2. The minimum absolute atomic E-state index is 0.0277. The van der Waals surface area contributed by atoms with Crippen LogP contribution in [0.4, 0.5) is 5.69 Å². The van der Waals surface area contributed by atoms with Crippen molar-refractivity contribution in [2.24, 2.45) is 0 Å². The molecule has 1 unspecified atom stereocenters. The van der Waals surface area contributed by atoms with Crippen LogP contribution >= 0.6 is 0 Å². The Hall–Kier alpha value is -2.87. The molecule has 0 N–H and O–H groups in total. The zero-order valence-corrected chi connectivity index (χ0v) is 11.5. The summed E-state index contributed by atoms with van der Waals surface area (Å²) >= 11 is 0. The smallest absolute Gasteiger partial charge is 0.269 e. The lowest BCUT2D eigenvalue weighted by atomic mass is 9.93. The molecule has 2 aromatic rings. The van der Waals surface area contributed by atoms with Crippen molar-refractivity contribution in [1.29, 1.82) is 5.26 Å². The Balaban J connectivity index is 2.15. The SMILES string of the molecule is COc1ccc(CC(C#N)c2ccc([N+](=O)[O-])cc2)cc1. The van der Waals surface area contributed by atoms with E-state index in [0.717, 1.165) is 16.9 Å². The van der Waals surface area contributed by atoms with Crippen LogP contribution in [0, 0.1) is 21.4 Å². The second-order valence-electron chi connectivity index (χ2n) is 4.58. The van der Waals surface area contributed by atoms with Gasteiger partial charge in [0.15, 0.2) is 0 Å². The fourth-order valence-corrected chi connectivity index (χ4v) is 2.06. The van der Waals surface area contributed by atoms with Gasteiger partial charge in [0.1, 0.15) is 5.75 Å². The number of hydrogen-bond donors (Lipinski definition) is 0. The molecular weight excluding hydrogens is 268 g/mol. The fourth-order valence-electron chi connectivity index (χ4n) is 2.06. The average molecular weight is 282 g/mol. The van der Waals surface area contributed by atoms with Crippen molar-refractivity contribution < 1.29 is 9.66 Å². The molecule has 0 spiro atoms. The summed E-state index contributed by atoms with van der Waals surface area (Å²) < 4.78 is 5.09. The minimum atomic E-state index is -0.450. The minimum Gasteiger partial charge on any atom is -0.497 e. The van der Waals surface area contributed by atoms with E-state index in [1.807, 2.05) is 24.3 Å². The Morgan fingerprint density at radius 3 is 2.29 bits per heavy atom. The van der Waals surface area contributed by atoms with Gasteiger partial charge in [-0.2, -0.15) is 5.26 Å². The lowest BCUT2D eigenvalue weighted by Gasteiger charge is -2.10. The van der Waals surface area contributed by atoms with Crippen molar-refractivity contribution in [3.63, 3.8) is 0 Å². The van der Waals surface area contributed by atoms with Gasteiger partial charge in [0.2, 0.25) is 0 Å². The summed E-state index contributed by atoms with van der Waals surface area (Å²) in [6.07, 6.45) is 0.554. The quantitative estimate of drug-likeness (QED) is 0.621. The third-order valence-electron chi connectivity index (χ3n) is 3.26. The van der Waals surface area contributed by atoms with Crippen molar-refractivity contribution >= 4 is 5.69 Å². The zero-order chi connectivity index (χ0) is 15.2. The number of non-ortho nitro benzene ring substituents is 1. The van der Waals surface area contributed by atoms with Crippen LogP contribution in [0.1, 0.15) is 17.0 Å². The van der Waals surface area contributed by atoms with Crippen LogP contribution in [0.15, 0.2) is 48.5 Å². The summed E-state index contributed by atoms with van der Waals surface area (Å²) in [5.74, 6) is 0.432. The molecule has 0 fully saturated rings. The summed E-state index contributed by atoms with van der Waals surface area (Å²) in [6, 6.07) is 15.9. The molecule has 0 heterocycles. The van der Waals surface area contributed by atoms with E-state index in [9.17, 15) is 15.4 Å². The molecule has 21 heavy (non-hydrogen) atoms. The predicted molar refractivity (Wildman–Crippen MR) is 78.1 cm³/mol. The van der Waals surface area contributed by atoms with Gasteiger partial charge in [-0.05, 0) is 29.7 Å². The number of hydrogen-bond acceptors (Lipinski definition) is 4. The number of nitro groups is 1. The molecule has 0 amide bonds. The third-order valence-corrected chi connectivity index (χ3v) is 3.26. The maximum Gasteiger partial charge on any atom is 0.269 e. The Bertz CT molecular complexity index is 657. The van der Waals surface area contributed by atoms with Gasteiger partial charge in [-0.15, -0.1) is 0 Å². The third kappa shape index (κ3) is 3.57. The zero-order valence-electron chi connectivity index (χ0n) is 11.5. The number of nitrogens with zero attached hydrogens (tertiary/aromatic N) is 2. The van der Waals surface area contributed by atoms with Gasteiger partial charge in [0.25, 0.3) is 5.69 Å². The van der Waals surface area contributed by atoms with E-state index in [0.29, 0.717) is 6.42 Å². The van der Waals surface area contributed by atoms with E-state index < -0.39 is 4.92 Å². The molecular formula is C16H14N2O3. The van der Waals surface area contributed by atoms with Crippen LogP contribution in [0.5, 0.6) is 5.75 Å². The van der Waals surface area contributed by atoms with E-state index in [-0.39, 0.29) is 11.6 Å². The molecule has 5 nitrogen and oxygen atoms in total. The second-order valence-corrected chi connectivity index (χ2v) is 4.58. The molecule has 2 aromatic carbocycles. The van der Waals surface area contributed by atoms with Gasteiger partial charge in [-0.3, -0.25) is 10.1 Å². The highest BCUT2D eigenvalue weighted by Crippen LogP contribution is 2.23. The number of nitriles is 1. The number of ether oxygens (including phenoxy) is 1. The van der Waals surface area contributed by atoms with Crippen molar-refractivity contribution in [1.82, 2.24) is 0 Å². The Morgan fingerprint density at radius 1 is 1.19 bits per heavy atom. The number of methoxy groups -OCH3 is 1. The van der Waals surface area contributed by atoms with E-state index in [1.54, 1.807) is 19.2 Å². The Kier molecular flexibility index (Phi) is 4.52. The summed E-state index contributed by atoms with van der Waals surface area (Å²) in [5, 5.41) is 19.9. The summed E-state index contributed by atoms with van der Waals surface area (Å²) in [5.41, 5.74) is 1.82. The van der Waals surface area contributed by atoms with E-state index in [2.05, 4.69) is 6.07 Å². The first-order valence-corrected chi connectivity index (χ1v) is 6.41. The highest BCUT2D eigenvalue weighted by Gasteiger charge is 2.13. The average Bonchev–Trinajstić information content (AvgIpc) is 2.53. The van der Waals surface area contributed by atoms with E-state index in [1.165, 1.54) is 12.1 Å². The lowest BCUT2D eigenvalue weighted by Crippen LogP contribution is -2.01. The largest absolute Gasteiger partial charge is 0.497 e. The van der Waals surface area contributed by atoms with Gasteiger partial charge in [0.05, 0.1) is 24.0 Å². The molecule has 106 valence electrons. The molecule has 0 saturated carbocycles. The summed E-state index contributed by atoms with van der Waals surface area (Å²) in [6.45, 7) is 0.